The molecule has 1 amide bonds. The Morgan fingerprint density at radius 3 is 2.50 bits per heavy atom. The summed E-state index contributed by atoms with van der Waals surface area (Å²) < 4.78 is 5.44. The Morgan fingerprint density at radius 2 is 1.86 bits per heavy atom. The number of anilines is 1. The van der Waals surface area contributed by atoms with Crippen LogP contribution in [-0.2, 0) is 4.79 Å². The van der Waals surface area contributed by atoms with Gasteiger partial charge in [-0.2, -0.15) is 0 Å². The van der Waals surface area contributed by atoms with Gasteiger partial charge in [0, 0.05) is 0 Å². The average molecular weight is 300 g/mol. The maximum absolute atomic E-state index is 12.1. The minimum Gasteiger partial charge on any atom is -0.872 e. The summed E-state index contributed by atoms with van der Waals surface area (Å²) in [7, 11) is 0. The van der Waals surface area contributed by atoms with Crippen LogP contribution in [0.4, 0.5) is 5.69 Å². The van der Waals surface area contributed by atoms with Crippen molar-refractivity contribution >= 4 is 17.6 Å². The van der Waals surface area contributed by atoms with Crippen molar-refractivity contribution < 1.29 is 24.5 Å². The molecule has 0 aliphatic heterocycles. The number of para-hydroxylation sites is 1. The summed E-state index contributed by atoms with van der Waals surface area (Å²) in [6, 6.07) is 12.1. The molecule has 0 saturated carbocycles. The van der Waals surface area contributed by atoms with Gasteiger partial charge in [0.05, 0.1) is 11.3 Å². The third-order valence-electron chi connectivity index (χ3n) is 2.90. The second-order valence-electron chi connectivity index (χ2n) is 4.57. The van der Waals surface area contributed by atoms with Crippen molar-refractivity contribution in [1.29, 1.82) is 0 Å². The SMILES string of the molecule is C[C@H](Oc1ccccc1)C(=O)Nc1cc([O-])ccc1C(=O)O. The molecule has 0 aromatic heterocycles. The van der Waals surface area contributed by atoms with Crippen LogP contribution < -0.4 is 15.2 Å². The lowest BCUT2D eigenvalue weighted by Crippen LogP contribution is -2.30. The lowest BCUT2D eigenvalue weighted by atomic mass is 10.1. The Kier molecular flexibility index (Phi) is 4.63. The Labute approximate surface area is 127 Å². The molecule has 0 radical (unpaired) electrons. The average Bonchev–Trinajstić information content (AvgIpc) is 2.48. The molecular weight excluding hydrogens is 286 g/mol. The molecule has 2 aromatic rings. The number of nitrogens with one attached hydrogen (secondary N) is 1. The Balaban J connectivity index is 2.11. The monoisotopic (exact) mass is 300 g/mol. The van der Waals surface area contributed by atoms with E-state index in [9.17, 15) is 14.7 Å². The molecule has 114 valence electrons. The van der Waals surface area contributed by atoms with E-state index in [-0.39, 0.29) is 11.3 Å². The lowest BCUT2D eigenvalue weighted by molar-refractivity contribution is -0.268. The minimum atomic E-state index is -1.23. The number of ether oxygens (including phenoxy) is 1. The number of hydrogen-bond donors (Lipinski definition) is 2. The molecule has 0 spiro atoms. The first kappa shape index (κ1) is 15.4. The Bertz CT molecular complexity index is 684. The molecule has 2 rings (SSSR count). The van der Waals surface area contributed by atoms with E-state index in [4.69, 9.17) is 9.84 Å². The molecule has 0 fully saturated rings. The van der Waals surface area contributed by atoms with E-state index in [1.807, 2.05) is 6.07 Å². The first-order valence-electron chi connectivity index (χ1n) is 6.54. The molecule has 0 heterocycles. The number of hydrogen-bond acceptors (Lipinski definition) is 4. The summed E-state index contributed by atoms with van der Waals surface area (Å²) in [5, 5.41) is 22.8. The number of rotatable bonds is 5. The van der Waals surface area contributed by atoms with Crippen LogP contribution in [0.1, 0.15) is 17.3 Å². The highest BCUT2D eigenvalue weighted by Gasteiger charge is 2.18. The van der Waals surface area contributed by atoms with Gasteiger partial charge in [-0.05, 0) is 31.2 Å². The third kappa shape index (κ3) is 3.76. The van der Waals surface area contributed by atoms with Gasteiger partial charge in [-0.1, -0.05) is 24.3 Å². The topological polar surface area (TPSA) is 98.7 Å². The first-order valence-corrected chi connectivity index (χ1v) is 6.54. The van der Waals surface area contributed by atoms with Crippen LogP contribution >= 0.6 is 0 Å². The molecule has 22 heavy (non-hydrogen) atoms. The number of carboxylic acid groups (broad SMARTS) is 1. The summed E-state index contributed by atoms with van der Waals surface area (Å²) in [4.78, 5) is 23.2. The lowest BCUT2D eigenvalue weighted by Gasteiger charge is -2.17. The van der Waals surface area contributed by atoms with E-state index < -0.39 is 23.7 Å². The van der Waals surface area contributed by atoms with Gasteiger partial charge in [0.15, 0.2) is 6.10 Å². The number of amides is 1. The summed E-state index contributed by atoms with van der Waals surface area (Å²) in [6.45, 7) is 1.53. The normalized spacial score (nSPS) is 11.5. The molecule has 0 bridgehead atoms. The maximum atomic E-state index is 12.1. The van der Waals surface area contributed by atoms with E-state index in [1.165, 1.54) is 6.92 Å². The van der Waals surface area contributed by atoms with Gasteiger partial charge in [0.25, 0.3) is 5.91 Å². The second kappa shape index (κ2) is 6.62. The summed E-state index contributed by atoms with van der Waals surface area (Å²) >= 11 is 0. The van der Waals surface area contributed by atoms with Crippen LogP contribution in [0, 0.1) is 0 Å². The van der Waals surface area contributed by atoms with Crippen molar-refractivity contribution in [3.05, 3.63) is 54.1 Å². The molecule has 6 heteroatoms. The van der Waals surface area contributed by atoms with Crippen LogP contribution in [0.3, 0.4) is 0 Å². The van der Waals surface area contributed by atoms with Gasteiger partial charge in [0.2, 0.25) is 0 Å². The van der Waals surface area contributed by atoms with Crippen LogP contribution in [0.15, 0.2) is 48.5 Å². The standard InChI is InChI=1S/C16H15NO5/c1-10(22-12-5-3-2-4-6-12)15(19)17-14-9-11(18)7-8-13(14)16(20)21/h2-10,18H,1H3,(H,17,19)(H,20,21)/p-1/t10-/m0/s1. The van der Waals surface area contributed by atoms with Crippen molar-refractivity contribution in [2.24, 2.45) is 0 Å². The van der Waals surface area contributed by atoms with Gasteiger partial charge in [-0.3, -0.25) is 4.79 Å². The van der Waals surface area contributed by atoms with E-state index in [0.29, 0.717) is 5.75 Å². The predicted molar refractivity (Wildman–Crippen MR) is 78.0 cm³/mol. The number of carboxylic acids is 1. The number of carbonyl (C=O) groups excluding carboxylic acids is 1. The van der Waals surface area contributed by atoms with Gasteiger partial charge in [0.1, 0.15) is 5.75 Å². The van der Waals surface area contributed by atoms with Crippen LogP contribution in [0.2, 0.25) is 0 Å². The number of aromatic carboxylic acids is 1. The van der Waals surface area contributed by atoms with Crippen molar-refractivity contribution in [2.45, 2.75) is 13.0 Å². The van der Waals surface area contributed by atoms with Gasteiger partial charge >= 0.3 is 5.97 Å². The maximum Gasteiger partial charge on any atom is 0.337 e. The molecule has 1 atom stereocenters. The van der Waals surface area contributed by atoms with Crippen LogP contribution in [0.5, 0.6) is 11.5 Å². The highest BCUT2D eigenvalue weighted by Crippen LogP contribution is 2.21. The summed E-state index contributed by atoms with van der Waals surface area (Å²) in [5.41, 5.74) is -0.201. The number of benzene rings is 2. The fourth-order valence-electron chi connectivity index (χ4n) is 1.80. The third-order valence-corrected chi connectivity index (χ3v) is 2.90. The Morgan fingerprint density at radius 1 is 1.18 bits per heavy atom. The van der Waals surface area contributed by atoms with E-state index in [1.54, 1.807) is 24.3 Å². The Hall–Kier alpha value is -3.02. The zero-order chi connectivity index (χ0) is 16.1. The highest BCUT2D eigenvalue weighted by atomic mass is 16.5. The predicted octanol–water partition coefficient (Wildman–Crippen LogP) is 1.86. The summed E-state index contributed by atoms with van der Waals surface area (Å²) in [5.74, 6) is -1.65. The van der Waals surface area contributed by atoms with Crippen LogP contribution in [0.25, 0.3) is 0 Å². The van der Waals surface area contributed by atoms with E-state index >= 15 is 0 Å². The smallest absolute Gasteiger partial charge is 0.337 e. The van der Waals surface area contributed by atoms with Crippen molar-refractivity contribution in [3.8, 4) is 11.5 Å². The minimum absolute atomic E-state index is 0.0477. The summed E-state index contributed by atoms with van der Waals surface area (Å²) in [6.07, 6.45) is -0.848. The number of carbonyl (C=O) groups is 2. The second-order valence-corrected chi connectivity index (χ2v) is 4.57. The molecule has 0 saturated heterocycles. The van der Waals surface area contributed by atoms with Gasteiger partial charge < -0.3 is 20.3 Å². The first-order chi connectivity index (χ1) is 10.5. The fraction of sp³-hybridized carbons (Fsp3) is 0.125. The molecule has 6 nitrogen and oxygen atoms in total. The molecule has 2 N–H and O–H groups in total. The van der Waals surface area contributed by atoms with Crippen molar-refractivity contribution in [2.75, 3.05) is 5.32 Å². The largest absolute Gasteiger partial charge is 0.872 e. The molecule has 2 aromatic carbocycles. The molecule has 0 unspecified atom stereocenters. The van der Waals surface area contributed by atoms with Crippen molar-refractivity contribution in [3.63, 3.8) is 0 Å². The zero-order valence-electron chi connectivity index (χ0n) is 11.8. The highest BCUT2D eigenvalue weighted by molar-refractivity contribution is 6.02. The van der Waals surface area contributed by atoms with E-state index in [2.05, 4.69) is 5.32 Å². The van der Waals surface area contributed by atoms with Crippen molar-refractivity contribution in [1.82, 2.24) is 0 Å². The molecule has 0 aliphatic carbocycles. The fourth-order valence-corrected chi connectivity index (χ4v) is 1.80. The van der Waals surface area contributed by atoms with Gasteiger partial charge in [-0.25, -0.2) is 4.79 Å². The van der Waals surface area contributed by atoms with E-state index in [0.717, 1.165) is 18.2 Å². The quantitative estimate of drug-likeness (QED) is 0.878. The zero-order valence-corrected chi connectivity index (χ0v) is 11.8. The van der Waals surface area contributed by atoms with Crippen LogP contribution in [-0.4, -0.2) is 23.1 Å². The molecule has 0 aliphatic rings. The van der Waals surface area contributed by atoms with Gasteiger partial charge in [-0.15, -0.1) is 5.75 Å². The molecular formula is C16H14NO5-.